The highest BCUT2D eigenvalue weighted by atomic mass is 16.5. The van der Waals surface area contributed by atoms with Gasteiger partial charge in [-0.05, 0) is 39.0 Å². The van der Waals surface area contributed by atoms with E-state index in [9.17, 15) is 4.79 Å². The van der Waals surface area contributed by atoms with Crippen LogP contribution in [0.2, 0.25) is 0 Å². The molecule has 0 unspecified atom stereocenters. The van der Waals surface area contributed by atoms with Crippen LogP contribution in [0.4, 0.5) is 0 Å². The molecule has 0 atom stereocenters. The fourth-order valence-electron chi connectivity index (χ4n) is 3.11. The Morgan fingerprint density at radius 3 is 2.65 bits per heavy atom. The lowest BCUT2D eigenvalue weighted by Crippen LogP contribution is -2.24. The van der Waals surface area contributed by atoms with Crippen molar-refractivity contribution in [1.29, 1.82) is 0 Å². The van der Waals surface area contributed by atoms with E-state index in [4.69, 9.17) is 13.9 Å². The number of amides is 1. The van der Waals surface area contributed by atoms with Crippen LogP contribution in [0.5, 0.6) is 11.5 Å². The lowest BCUT2D eigenvalue weighted by molar-refractivity contribution is 0.0950. The van der Waals surface area contributed by atoms with Gasteiger partial charge in [-0.1, -0.05) is 0 Å². The normalized spacial score (nSPS) is 10.8. The molecule has 6 nitrogen and oxygen atoms in total. The van der Waals surface area contributed by atoms with Crippen molar-refractivity contribution in [1.82, 2.24) is 10.3 Å². The minimum atomic E-state index is -0.213. The quantitative estimate of drug-likeness (QED) is 0.756. The van der Waals surface area contributed by atoms with E-state index < -0.39 is 0 Å². The summed E-state index contributed by atoms with van der Waals surface area (Å²) in [7, 11) is 3.22. The van der Waals surface area contributed by atoms with Crippen molar-refractivity contribution < 1.29 is 18.7 Å². The van der Waals surface area contributed by atoms with Crippen LogP contribution < -0.4 is 14.8 Å². The van der Waals surface area contributed by atoms with Crippen LogP contribution in [0.3, 0.4) is 0 Å². The molecular formula is C20H22N2O4. The molecular weight excluding hydrogens is 332 g/mol. The number of carbonyl (C=O) groups is 1. The zero-order valence-electron chi connectivity index (χ0n) is 15.6. The number of nitrogens with one attached hydrogen (secondary N) is 1. The van der Waals surface area contributed by atoms with Crippen LogP contribution >= 0.6 is 0 Å². The Morgan fingerprint density at radius 1 is 1.19 bits per heavy atom. The molecule has 0 bridgehead atoms. The van der Waals surface area contributed by atoms with E-state index >= 15 is 0 Å². The smallest absolute Gasteiger partial charge is 0.255 e. The standard InChI is InChI=1S/C20H22N2O4/c1-11-9-21-16(12(2)19(11)25-5)10-22-20(23)18-13(3)26-17-7-6-14(24-4)8-15(17)18/h6-9H,10H2,1-5H3,(H,22,23). The molecule has 0 aliphatic carbocycles. The van der Waals surface area contributed by atoms with Gasteiger partial charge in [-0.3, -0.25) is 9.78 Å². The topological polar surface area (TPSA) is 73.6 Å². The maximum absolute atomic E-state index is 12.8. The third-order valence-corrected chi connectivity index (χ3v) is 4.46. The second-order valence-corrected chi connectivity index (χ2v) is 6.12. The number of hydrogen-bond donors (Lipinski definition) is 1. The number of methoxy groups -OCH3 is 2. The number of benzene rings is 1. The highest BCUT2D eigenvalue weighted by Crippen LogP contribution is 2.29. The van der Waals surface area contributed by atoms with Crippen LogP contribution in [0.1, 0.15) is 32.9 Å². The van der Waals surface area contributed by atoms with Gasteiger partial charge in [-0.15, -0.1) is 0 Å². The third kappa shape index (κ3) is 3.10. The van der Waals surface area contributed by atoms with Gasteiger partial charge in [0.15, 0.2) is 0 Å². The Labute approximate surface area is 152 Å². The average molecular weight is 354 g/mol. The van der Waals surface area contributed by atoms with Crippen molar-refractivity contribution >= 4 is 16.9 Å². The first-order valence-electron chi connectivity index (χ1n) is 8.30. The summed E-state index contributed by atoms with van der Waals surface area (Å²) in [6.45, 7) is 5.95. The van der Waals surface area contributed by atoms with Crippen molar-refractivity contribution in [3.05, 3.63) is 52.5 Å². The zero-order chi connectivity index (χ0) is 18.8. The van der Waals surface area contributed by atoms with Gasteiger partial charge in [0.2, 0.25) is 0 Å². The number of rotatable bonds is 5. The molecule has 0 aliphatic rings. The molecule has 0 spiro atoms. The first kappa shape index (κ1) is 17.8. The Hall–Kier alpha value is -3.02. The van der Waals surface area contributed by atoms with Crippen LogP contribution in [0.15, 0.2) is 28.8 Å². The Kier molecular flexibility index (Phi) is 4.84. The molecule has 0 radical (unpaired) electrons. The number of ether oxygens (including phenoxy) is 2. The molecule has 6 heteroatoms. The first-order chi connectivity index (χ1) is 12.5. The van der Waals surface area contributed by atoms with Gasteiger partial charge >= 0.3 is 0 Å². The number of pyridine rings is 1. The maximum Gasteiger partial charge on any atom is 0.255 e. The number of aromatic nitrogens is 1. The second kappa shape index (κ2) is 7.07. The van der Waals surface area contributed by atoms with Crippen LogP contribution in [-0.2, 0) is 6.54 Å². The van der Waals surface area contributed by atoms with Gasteiger partial charge in [0.05, 0.1) is 32.0 Å². The van der Waals surface area contributed by atoms with E-state index in [1.165, 1.54) is 0 Å². The molecule has 26 heavy (non-hydrogen) atoms. The third-order valence-electron chi connectivity index (χ3n) is 4.46. The molecule has 1 N–H and O–H groups in total. The second-order valence-electron chi connectivity index (χ2n) is 6.12. The minimum Gasteiger partial charge on any atom is -0.497 e. The minimum absolute atomic E-state index is 0.213. The molecule has 0 saturated carbocycles. The molecule has 0 aliphatic heterocycles. The molecule has 1 aromatic carbocycles. The lowest BCUT2D eigenvalue weighted by Gasteiger charge is -2.12. The summed E-state index contributed by atoms with van der Waals surface area (Å²) in [5.41, 5.74) is 3.81. The summed E-state index contributed by atoms with van der Waals surface area (Å²) >= 11 is 0. The van der Waals surface area contributed by atoms with Gasteiger partial charge in [-0.2, -0.15) is 0 Å². The average Bonchev–Trinajstić information content (AvgIpc) is 2.96. The summed E-state index contributed by atoms with van der Waals surface area (Å²) in [5.74, 6) is 1.82. The number of aryl methyl sites for hydroxylation is 2. The summed E-state index contributed by atoms with van der Waals surface area (Å²) in [6, 6.07) is 5.41. The summed E-state index contributed by atoms with van der Waals surface area (Å²) in [5, 5.41) is 3.65. The van der Waals surface area contributed by atoms with E-state index in [1.54, 1.807) is 45.5 Å². The van der Waals surface area contributed by atoms with Crippen molar-refractivity contribution in [2.24, 2.45) is 0 Å². The van der Waals surface area contributed by atoms with Gasteiger partial charge in [0.25, 0.3) is 5.91 Å². The molecule has 3 aromatic rings. The Bertz CT molecular complexity index is 976. The predicted molar refractivity (Wildman–Crippen MR) is 98.9 cm³/mol. The Balaban J connectivity index is 1.87. The van der Waals surface area contributed by atoms with Crippen LogP contribution in [0.25, 0.3) is 11.0 Å². The van der Waals surface area contributed by atoms with E-state index in [2.05, 4.69) is 10.3 Å². The molecule has 0 fully saturated rings. The molecule has 2 aromatic heterocycles. The molecule has 136 valence electrons. The van der Waals surface area contributed by atoms with Gasteiger partial charge in [-0.25, -0.2) is 0 Å². The van der Waals surface area contributed by atoms with E-state index in [1.807, 2.05) is 13.8 Å². The van der Waals surface area contributed by atoms with E-state index in [0.717, 1.165) is 28.0 Å². The fourth-order valence-corrected chi connectivity index (χ4v) is 3.11. The highest BCUT2D eigenvalue weighted by molar-refractivity contribution is 6.07. The summed E-state index contributed by atoms with van der Waals surface area (Å²) in [4.78, 5) is 17.2. The van der Waals surface area contributed by atoms with Crippen molar-refractivity contribution in [3.8, 4) is 11.5 Å². The lowest BCUT2D eigenvalue weighted by atomic mass is 10.1. The van der Waals surface area contributed by atoms with Gasteiger partial charge < -0.3 is 19.2 Å². The number of nitrogens with zero attached hydrogens (tertiary/aromatic N) is 1. The first-order valence-corrected chi connectivity index (χ1v) is 8.30. The van der Waals surface area contributed by atoms with Crippen LogP contribution in [-0.4, -0.2) is 25.1 Å². The van der Waals surface area contributed by atoms with E-state index in [-0.39, 0.29) is 5.91 Å². The number of carbonyl (C=O) groups excluding carboxylic acids is 1. The van der Waals surface area contributed by atoms with Gasteiger partial charge in [0.1, 0.15) is 22.8 Å². The summed E-state index contributed by atoms with van der Waals surface area (Å²) in [6.07, 6.45) is 1.75. The molecule has 0 saturated heterocycles. The number of hydrogen-bond acceptors (Lipinski definition) is 5. The predicted octanol–water partition coefficient (Wildman–Crippen LogP) is 3.70. The van der Waals surface area contributed by atoms with Crippen LogP contribution in [0, 0.1) is 20.8 Å². The highest BCUT2D eigenvalue weighted by Gasteiger charge is 2.19. The van der Waals surface area contributed by atoms with Crippen molar-refractivity contribution in [3.63, 3.8) is 0 Å². The molecule has 1 amide bonds. The van der Waals surface area contributed by atoms with Crippen molar-refractivity contribution in [2.45, 2.75) is 27.3 Å². The molecule has 3 rings (SSSR count). The molecule has 2 heterocycles. The largest absolute Gasteiger partial charge is 0.497 e. The SMILES string of the molecule is COc1ccc2oc(C)c(C(=O)NCc3ncc(C)c(OC)c3C)c2c1. The van der Waals surface area contributed by atoms with Crippen molar-refractivity contribution in [2.75, 3.05) is 14.2 Å². The summed E-state index contributed by atoms with van der Waals surface area (Å²) < 4.78 is 16.4. The zero-order valence-corrected chi connectivity index (χ0v) is 15.6. The van der Waals surface area contributed by atoms with Gasteiger partial charge in [0, 0.05) is 22.7 Å². The number of fused-ring (bicyclic) bond motifs is 1. The fraction of sp³-hybridized carbons (Fsp3) is 0.300. The monoisotopic (exact) mass is 354 g/mol. The Morgan fingerprint density at radius 2 is 1.96 bits per heavy atom. The number of furan rings is 1. The maximum atomic E-state index is 12.8. The van der Waals surface area contributed by atoms with E-state index in [0.29, 0.717) is 29.2 Å².